The summed E-state index contributed by atoms with van der Waals surface area (Å²) >= 11 is 0. The lowest BCUT2D eigenvalue weighted by molar-refractivity contribution is 0.438. The van der Waals surface area contributed by atoms with E-state index >= 15 is 0 Å². The van der Waals surface area contributed by atoms with Gasteiger partial charge in [0.1, 0.15) is 5.76 Å². The Labute approximate surface area is 93.7 Å². The van der Waals surface area contributed by atoms with Crippen LogP contribution < -0.4 is 5.32 Å². The SMILES string of the molecule is CCc1cnc(CNCc2cn(C)nn2)o1. The van der Waals surface area contributed by atoms with Crippen molar-refractivity contribution in [2.75, 3.05) is 0 Å². The summed E-state index contributed by atoms with van der Waals surface area (Å²) in [6.45, 7) is 3.31. The summed E-state index contributed by atoms with van der Waals surface area (Å²) in [4.78, 5) is 4.15. The molecule has 0 bridgehead atoms. The first kappa shape index (κ1) is 10.8. The molecule has 0 spiro atoms. The van der Waals surface area contributed by atoms with E-state index in [1.165, 1.54) is 0 Å². The second kappa shape index (κ2) is 4.89. The molecule has 0 unspecified atom stereocenters. The van der Waals surface area contributed by atoms with E-state index < -0.39 is 0 Å². The molecule has 86 valence electrons. The Balaban J connectivity index is 1.79. The van der Waals surface area contributed by atoms with E-state index in [0.29, 0.717) is 19.0 Å². The normalized spacial score (nSPS) is 10.9. The third-order valence-corrected chi connectivity index (χ3v) is 2.18. The van der Waals surface area contributed by atoms with Crippen LogP contribution in [0, 0.1) is 0 Å². The van der Waals surface area contributed by atoms with Gasteiger partial charge in [-0.1, -0.05) is 12.1 Å². The highest BCUT2D eigenvalue weighted by atomic mass is 16.4. The number of nitrogens with zero attached hydrogens (tertiary/aromatic N) is 4. The van der Waals surface area contributed by atoms with Crippen molar-refractivity contribution >= 4 is 0 Å². The van der Waals surface area contributed by atoms with E-state index in [0.717, 1.165) is 17.9 Å². The van der Waals surface area contributed by atoms with Crippen molar-refractivity contribution in [3.63, 3.8) is 0 Å². The van der Waals surface area contributed by atoms with E-state index in [2.05, 4.69) is 20.6 Å². The summed E-state index contributed by atoms with van der Waals surface area (Å²) in [5.41, 5.74) is 0.907. The largest absolute Gasteiger partial charge is 0.444 e. The lowest BCUT2D eigenvalue weighted by Gasteiger charge is -1.97. The maximum atomic E-state index is 5.46. The van der Waals surface area contributed by atoms with Crippen LogP contribution in [0.2, 0.25) is 0 Å². The number of nitrogens with one attached hydrogen (secondary N) is 1. The van der Waals surface area contributed by atoms with Crippen molar-refractivity contribution in [3.05, 3.63) is 29.7 Å². The first-order valence-electron chi connectivity index (χ1n) is 5.27. The monoisotopic (exact) mass is 221 g/mol. The number of aromatic nitrogens is 4. The number of rotatable bonds is 5. The van der Waals surface area contributed by atoms with Crippen molar-refractivity contribution < 1.29 is 4.42 Å². The second-order valence-corrected chi connectivity index (χ2v) is 3.56. The molecule has 1 N–H and O–H groups in total. The van der Waals surface area contributed by atoms with Crippen molar-refractivity contribution in [3.8, 4) is 0 Å². The molecule has 16 heavy (non-hydrogen) atoms. The van der Waals surface area contributed by atoms with Crippen LogP contribution in [0.3, 0.4) is 0 Å². The summed E-state index contributed by atoms with van der Waals surface area (Å²) in [5, 5.41) is 11.0. The molecule has 0 aromatic carbocycles. The average Bonchev–Trinajstić information content (AvgIpc) is 2.88. The van der Waals surface area contributed by atoms with Crippen LogP contribution in [0.5, 0.6) is 0 Å². The Morgan fingerprint density at radius 1 is 1.44 bits per heavy atom. The van der Waals surface area contributed by atoms with E-state index in [1.807, 2.05) is 20.2 Å². The predicted octanol–water partition coefficient (Wildman–Crippen LogP) is 0.655. The Morgan fingerprint density at radius 3 is 2.94 bits per heavy atom. The maximum Gasteiger partial charge on any atom is 0.208 e. The molecule has 0 amide bonds. The number of hydrogen-bond acceptors (Lipinski definition) is 5. The van der Waals surface area contributed by atoms with Gasteiger partial charge < -0.3 is 9.73 Å². The molecule has 0 aliphatic heterocycles. The standard InChI is InChI=1S/C10H15N5O/c1-3-9-5-12-10(16-9)6-11-4-8-7-15(2)14-13-8/h5,7,11H,3-4,6H2,1-2H3. The van der Waals surface area contributed by atoms with Gasteiger partial charge in [-0.3, -0.25) is 4.68 Å². The third kappa shape index (κ3) is 2.66. The Hall–Kier alpha value is -1.69. The average molecular weight is 221 g/mol. The fourth-order valence-electron chi connectivity index (χ4n) is 1.37. The molecule has 6 nitrogen and oxygen atoms in total. The lowest BCUT2D eigenvalue weighted by atomic mass is 10.4. The summed E-state index contributed by atoms with van der Waals surface area (Å²) in [7, 11) is 1.85. The van der Waals surface area contributed by atoms with E-state index in [1.54, 1.807) is 10.9 Å². The van der Waals surface area contributed by atoms with Crippen LogP contribution in [0.4, 0.5) is 0 Å². The van der Waals surface area contributed by atoms with Crippen molar-refractivity contribution in [2.45, 2.75) is 26.4 Å². The minimum atomic E-state index is 0.608. The molecule has 2 rings (SSSR count). The molecular formula is C10H15N5O. The Bertz CT molecular complexity index is 448. The van der Waals surface area contributed by atoms with Crippen LogP contribution in [0.15, 0.2) is 16.8 Å². The van der Waals surface area contributed by atoms with Crippen molar-refractivity contribution in [1.29, 1.82) is 0 Å². The fourth-order valence-corrected chi connectivity index (χ4v) is 1.37. The van der Waals surface area contributed by atoms with Crippen LogP contribution in [-0.2, 0) is 26.6 Å². The maximum absolute atomic E-state index is 5.46. The zero-order valence-electron chi connectivity index (χ0n) is 9.47. The van der Waals surface area contributed by atoms with Gasteiger partial charge in [0.2, 0.25) is 5.89 Å². The molecule has 0 aliphatic carbocycles. The van der Waals surface area contributed by atoms with Gasteiger partial charge in [-0.15, -0.1) is 5.10 Å². The van der Waals surface area contributed by atoms with Gasteiger partial charge >= 0.3 is 0 Å². The van der Waals surface area contributed by atoms with Gasteiger partial charge in [-0.25, -0.2) is 4.98 Å². The highest BCUT2D eigenvalue weighted by Gasteiger charge is 2.02. The number of hydrogen-bond donors (Lipinski definition) is 1. The van der Waals surface area contributed by atoms with Crippen LogP contribution in [-0.4, -0.2) is 20.0 Å². The molecule has 0 saturated heterocycles. The molecule has 0 fully saturated rings. The molecule has 2 aromatic rings. The van der Waals surface area contributed by atoms with Gasteiger partial charge in [-0.05, 0) is 0 Å². The quantitative estimate of drug-likeness (QED) is 0.803. The number of aryl methyl sites for hydroxylation is 2. The third-order valence-electron chi connectivity index (χ3n) is 2.18. The minimum absolute atomic E-state index is 0.608. The van der Waals surface area contributed by atoms with Gasteiger partial charge in [0.25, 0.3) is 0 Å². The molecule has 6 heteroatoms. The Morgan fingerprint density at radius 2 is 2.31 bits per heavy atom. The molecule has 2 aromatic heterocycles. The zero-order valence-corrected chi connectivity index (χ0v) is 9.47. The van der Waals surface area contributed by atoms with Crippen LogP contribution in [0.1, 0.15) is 24.3 Å². The molecular weight excluding hydrogens is 206 g/mol. The topological polar surface area (TPSA) is 68.8 Å². The summed E-state index contributed by atoms with van der Waals surface area (Å²) < 4.78 is 7.14. The molecule has 0 atom stereocenters. The van der Waals surface area contributed by atoms with Gasteiger partial charge in [-0.2, -0.15) is 0 Å². The highest BCUT2D eigenvalue weighted by molar-refractivity contribution is 4.94. The zero-order chi connectivity index (χ0) is 11.4. The van der Waals surface area contributed by atoms with Gasteiger partial charge in [0.15, 0.2) is 0 Å². The van der Waals surface area contributed by atoms with E-state index in [4.69, 9.17) is 4.42 Å². The van der Waals surface area contributed by atoms with Gasteiger partial charge in [0, 0.05) is 26.2 Å². The van der Waals surface area contributed by atoms with Crippen molar-refractivity contribution in [1.82, 2.24) is 25.3 Å². The first-order valence-corrected chi connectivity index (χ1v) is 5.27. The molecule has 2 heterocycles. The fraction of sp³-hybridized carbons (Fsp3) is 0.500. The summed E-state index contributed by atoms with van der Waals surface area (Å²) in [6, 6.07) is 0. The number of oxazole rings is 1. The lowest BCUT2D eigenvalue weighted by Crippen LogP contribution is -2.13. The Kier molecular flexibility index (Phi) is 3.31. The molecule has 0 radical (unpaired) electrons. The van der Waals surface area contributed by atoms with Crippen LogP contribution >= 0.6 is 0 Å². The second-order valence-electron chi connectivity index (χ2n) is 3.56. The molecule has 0 aliphatic rings. The summed E-state index contributed by atoms with van der Waals surface area (Å²) in [5.74, 6) is 1.62. The van der Waals surface area contributed by atoms with Crippen LogP contribution in [0.25, 0.3) is 0 Å². The smallest absolute Gasteiger partial charge is 0.208 e. The molecule has 0 saturated carbocycles. The van der Waals surface area contributed by atoms with Gasteiger partial charge in [0.05, 0.1) is 18.4 Å². The van der Waals surface area contributed by atoms with Crippen molar-refractivity contribution in [2.24, 2.45) is 7.05 Å². The minimum Gasteiger partial charge on any atom is -0.444 e. The predicted molar refractivity (Wildman–Crippen MR) is 57.4 cm³/mol. The summed E-state index contributed by atoms with van der Waals surface area (Å²) in [6.07, 6.45) is 4.51. The van der Waals surface area contributed by atoms with E-state index in [-0.39, 0.29) is 0 Å². The van der Waals surface area contributed by atoms with E-state index in [9.17, 15) is 0 Å². The highest BCUT2D eigenvalue weighted by Crippen LogP contribution is 2.03. The first-order chi connectivity index (χ1) is 7.78.